The SMILES string of the molecule is Brc1ccc(N2CC3CC(C2)S3)cc1. The molecule has 3 heterocycles. The molecule has 1 aromatic carbocycles. The highest BCUT2D eigenvalue weighted by Crippen LogP contribution is 2.42. The highest BCUT2D eigenvalue weighted by atomic mass is 79.9. The van der Waals surface area contributed by atoms with Gasteiger partial charge in [-0.25, -0.2) is 0 Å². The van der Waals surface area contributed by atoms with E-state index in [1.807, 2.05) is 0 Å². The summed E-state index contributed by atoms with van der Waals surface area (Å²) in [5.41, 5.74) is 1.38. The zero-order chi connectivity index (χ0) is 9.54. The fourth-order valence-electron chi connectivity index (χ4n) is 2.22. The predicted octanol–water partition coefficient (Wildman–Crippen LogP) is 3.14. The van der Waals surface area contributed by atoms with E-state index in [1.165, 1.54) is 25.2 Å². The molecule has 0 spiro atoms. The maximum atomic E-state index is 3.47. The molecule has 2 atom stereocenters. The zero-order valence-electron chi connectivity index (χ0n) is 7.82. The molecule has 0 radical (unpaired) electrons. The number of halogens is 1. The van der Waals surface area contributed by atoms with E-state index < -0.39 is 0 Å². The monoisotopic (exact) mass is 269 g/mol. The third-order valence-corrected chi connectivity index (χ3v) is 4.93. The lowest BCUT2D eigenvalue weighted by molar-refractivity contribution is 0.558. The summed E-state index contributed by atoms with van der Waals surface area (Å²) in [6.45, 7) is 2.48. The number of rotatable bonds is 1. The molecule has 14 heavy (non-hydrogen) atoms. The fraction of sp³-hybridized carbons (Fsp3) is 0.455. The van der Waals surface area contributed by atoms with Crippen molar-refractivity contribution < 1.29 is 0 Å². The summed E-state index contributed by atoms with van der Waals surface area (Å²) in [6, 6.07) is 8.67. The lowest BCUT2D eigenvalue weighted by Gasteiger charge is -2.47. The minimum absolute atomic E-state index is 0.900. The van der Waals surface area contributed by atoms with Gasteiger partial charge in [-0.3, -0.25) is 0 Å². The van der Waals surface area contributed by atoms with Gasteiger partial charge in [0, 0.05) is 33.7 Å². The second-order valence-corrected chi connectivity index (χ2v) is 6.52. The molecule has 3 heteroatoms. The highest BCUT2D eigenvalue weighted by molar-refractivity contribution is 9.10. The summed E-state index contributed by atoms with van der Waals surface area (Å²) in [6.07, 6.45) is 1.44. The molecule has 1 nitrogen and oxygen atoms in total. The first-order valence-corrected chi connectivity index (χ1v) is 6.71. The van der Waals surface area contributed by atoms with E-state index in [1.54, 1.807) is 0 Å². The molecule has 1 aromatic rings. The van der Waals surface area contributed by atoms with Gasteiger partial charge in [0.05, 0.1) is 0 Å². The van der Waals surface area contributed by atoms with Gasteiger partial charge < -0.3 is 4.90 Å². The standard InChI is InChI=1S/C11H12BrNS/c12-8-1-3-9(4-2-8)13-6-10-5-11(7-13)14-10/h1-4,10-11H,5-7H2. The number of anilines is 1. The van der Waals surface area contributed by atoms with Crippen LogP contribution in [0.3, 0.4) is 0 Å². The number of benzene rings is 1. The van der Waals surface area contributed by atoms with Gasteiger partial charge in [-0.15, -0.1) is 0 Å². The molecular formula is C11H12BrNS. The van der Waals surface area contributed by atoms with Crippen LogP contribution >= 0.6 is 27.7 Å². The summed E-state index contributed by atoms with van der Waals surface area (Å²) in [5.74, 6) is 0. The molecular weight excluding hydrogens is 258 g/mol. The highest BCUT2D eigenvalue weighted by Gasteiger charge is 2.37. The zero-order valence-corrected chi connectivity index (χ0v) is 10.2. The Bertz CT molecular complexity index is 322. The van der Waals surface area contributed by atoms with Crippen molar-refractivity contribution >= 4 is 33.4 Å². The smallest absolute Gasteiger partial charge is 0.0367 e. The predicted molar refractivity (Wildman–Crippen MR) is 66.1 cm³/mol. The van der Waals surface area contributed by atoms with E-state index in [0.29, 0.717) is 0 Å². The van der Waals surface area contributed by atoms with Gasteiger partial charge >= 0.3 is 0 Å². The molecule has 2 unspecified atom stereocenters. The Labute approximate surface area is 97.0 Å². The number of thioether (sulfide) groups is 1. The van der Waals surface area contributed by atoms with Crippen LogP contribution in [0.1, 0.15) is 6.42 Å². The number of piperidine rings is 1. The van der Waals surface area contributed by atoms with E-state index in [-0.39, 0.29) is 0 Å². The van der Waals surface area contributed by atoms with Crippen molar-refractivity contribution in [2.75, 3.05) is 18.0 Å². The van der Waals surface area contributed by atoms with Crippen LogP contribution in [0.4, 0.5) is 5.69 Å². The number of fused-ring (bicyclic) bond motifs is 2. The molecule has 3 fully saturated rings. The first kappa shape index (κ1) is 9.10. The van der Waals surface area contributed by atoms with Crippen molar-refractivity contribution in [2.45, 2.75) is 16.9 Å². The molecule has 2 bridgehead atoms. The average molecular weight is 270 g/mol. The second kappa shape index (κ2) is 3.46. The van der Waals surface area contributed by atoms with Crippen LogP contribution in [0.2, 0.25) is 0 Å². The Morgan fingerprint density at radius 3 is 2.29 bits per heavy atom. The number of nitrogens with zero attached hydrogens (tertiary/aromatic N) is 1. The van der Waals surface area contributed by atoms with E-state index in [0.717, 1.165) is 15.0 Å². The summed E-state index contributed by atoms with van der Waals surface area (Å²) >= 11 is 5.63. The molecule has 3 saturated heterocycles. The van der Waals surface area contributed by atoms with Crippen LogP contribution in [0, 0.1) is 0 Å². The first-order chi connectivity index (χ1) is 6.81. The maximum Gasteiger partial charge on any atom is 0.0367 e. The molecule has 0 aromatic heterocycles. The summed E-state index contributed by atoms with van der Waals surface area (Å²) in [4.78, 5) is 2.52. The molecule has 0 N–H and O–H groups in total. The van der Waals surface area contributed by atoms with Crippen LogP contribution in [-0.2, 0) is 0 Å². The molecule has 4 rings (SSSR count). The molecule has 3 aliphatic rings. The Balaban J connectivity index is 1.79. The largest absolute Gasteiger partial charge is 0.369 e. The molecule has 3 aliphatic heterocycles. The van der Waals surface area contributed by atoms with Crippen molar-refractivity contribution in [3.8, 4) is 0 Å². The molecule has 0 amide bonds. The average Bonchev–Trinajstić information content (AvgIpc) is 2.18. The van der Waals surface area contributed by atoms with E-state index in [4.69, 9.17) is 0 Å². The number of hydrogen-bond donors (Lipinski definition) is 0. The van der Waals surface area contributed by atoms with Crippen LogP contribution in [-0.4, -0.2) is 23.6 Å². The Morgan fingerprint density at radius 1 is 1.14 bits per heavy atom. The topological polar surface area (TPSA) is 3.24 Å². The molecule has 0 aliphatic carbocycles. The Kier molecular flexibility index (Phi) is 2.25. The first-order valence-electron chi connectivity index (χ1n) is 4.97. The van der Waals surface area contributed by atoms with Crippen LogP contribution in [0.15, 0.2) is 28.7 Å². The molecule has 0 saturated carbocycles. The van der Waals surface area contributed by atoms with Gasteiger partial charge in [-0.05, 0) is 30.7 Å². The summed E-state index contributed by atoms with van der Waals surface area (Å²) in [7, 11) is 0. The fourth-order valence-corrected chi connectivity index (χ4v) is 3.89. The van der Waals surface area contributed by atoms with Crippen LogP contribution < -0.4 is 4.90 Å². The van der Waals surface area contributed by atoms with Gasteiger partial charge in [0.15, 0.2) is 0 Å². The van der Waals surface area contributed by atoms with Crippen molar-refractivity contribution in [1.29, 1.82) is 0 Å². The minimum Gasteiger partial charge on any atom is -0.369 e. The van der Waals surface area contributed by atoms with Crippen LogP contribution in [0.25, 0.3) is 0 Å². The van der Waals surface area contributed by atoms with Gasteiger partial charge in [-0.1, -0.05) is 15.9 Å². The van der Waals surface area contributed by atoms with Gasteiger partial charge in [0.25, 0.3) is 0 Å². The molecule has 74 valence electrons. The van der Waals surface area contributed by atoms with E-state index >= 15 is 0 Å². The second-order valence-electron chi connectivity index (χ2n) is 4.00. The van der Waals surface area contributed by atoms with Gasteiger partial charge in [0.1, 0.15) is 0 Å². The maximum absolute atomic E-state index is 3.47. The van der Waals surface area contributed by atoms with Crippen molar-refractivity contribution in [2.24, 2.45) is 0 Å². The third kappa shape index (κ3) is 1.57. The van der Waals surface area contributed by atoms with Crippen molar-refractivity contribution in [1.82, 2.24) is 0 Å². The lowest BCUT2D eigenvalue weighted by atomic mass is 10.1. The normalized spacial score (nSPS) is 29.9. The Morgan fingerprint density at radius 2 is 1.71 bits per heavy atom. The lowest BCUT2D eigenvalue weighted by Crippen LogP contribution is -2.51. The van der Waals surface area contributed by atoms with Gasteiger partial charge in [0.2, 0.25) is 0 Å². The van der Waals surface area contributed by atoms with E-state index in [2.05, 4.69) is 56.9 Å². The summed E-state index contributed by atoms with van der Waals surface area (Å²) in [5, 5.41) is 1.80. The minimum atomic E-state index is 0.900. The van der Waals surface area contributed by atoms with Gasteiger partial charge in [-0.2, -0.15) is 11.8 Å². The number of hydrogen-bond acceptors (Lipinski definition) is 2. The quantitative estimate of drug-likeness (QED) is 0.771. The van der Waals surface area contributed by atoms with Crippen LogP contribution in [0.5, 0.6) is 0 Å². The summed E-state index contributed by atoms with van der Waals surface area (Å²) < 4.78 is 1.16. The Hall–Kier alpha value is -0.150. The van der Waals surface area contributed by atoms with E-state index in [9.17, 15) is 0 Å². The van der Waals surface area contributed by atoms with Crippen molar-refractivity contribution in [3.63, 3.8) is 0 Å². The van der Waals surface area contributed by atoms with Crippen molar-refractivity contribution in [3.05, 3.63) is 28.7 Å². The third-order valence-electron chi connectivity index (χ3n) is 2.95.